The molecular weight excluding hydrogens is 292 g/mol. The topological polar surface area (TPSA) is 32.3 Å². The minimum absolute atomic E-state index is 0.117. The van der Waals surface area contributed by atoms with E-state index in [0.29, 0.717) is 6.54 Å². The molecule has 0 radical (unpaired) electrons. The molecular formula is C14H17BrN2O. The molecule has 1 amide bonds. The van der Waals surface area contributed by atoms with Crippen LogP contribution in [0.15, 0.2) is 39.9 Å². The molecule has 0 saturated carbocycles. The average molecular weight is 309 g/mol. The molecule has 1 N–H and O–H groups in total. The first-order chi connectivity index (χ1) is 8.58. The van der Waals surface area contributed by atoms with Crippen molar-refractivity contribution in [1.82, 2.24) is 10.2 Å². The Hall–Kier alpha value is -1.13. The Morgan fingerprint density at radius 2 is 2.17 bits per heavy atom. The number of carbonyl (C=O) groups excluding carboxylic acids is 1. The van der Waals surface area contributed by atoms with Crippen LogP contribution in [-0.4, -0.2) is 30.9 Å². The van der Waals surface area contributed by atoms with E-state index in [4.69, 9.17) is 0 Å². The van der Waals surface area contributed by atoms with Gasteiger partial charge in [-0.05, 0) is 30.2 Å². The van der Waals surface area contributed by atoms with Gasteiger partial charge in [-0.2, -0.15) is 0 Å². The Morgan fingerprint density at radius 3 is 2.72 bits per heavy atom. The molecule has 1 aliphatic rings. The number of rotatable bonds is 3. The van der Waals surface area contributed by atoms with Gasteiger partial charge >= 0.3 is 0 Å². The molecule has 4 heteroatoms. The third kappa shape index (κ3) is 3.00. The molecule has 1 heterocycles. The van der Waals surface area contributed by atoms with Gasteiger partial charge in [0.2, 0.25) is 5.91 Å². The third-order valence-electron chi connectivity index (χ3n) is 3.18. The van der Waals surface area contributed by atoms with Crippen molar-refractivity contribution < 1.29 is 4.79 Å². The number of nitrogens with one attached hydrogen (secondary N) is 1. The summed E-state index contributed by atoms with van der Waals surface area (Å²) in [6.07, 6.45) is 0. The van der Waals surface area contributed by atoms with Crippen LogP contribution in [0.25, 0.3) is 0 Å². The number of likely N-dealkylation sites (N-methyl/N-ethyl adjacent to an activating group) is 1. The van der Waals surface area contributed by atoms with Crippen molar-refractivity contribution in [3.63, 3.8) is 0 Å². The molecule has 0 atom stereocenters. The summed E-state index contributed by atoms with van der Waals surface area (Å²) in [6, 6.07) is 8.04. The maximum atomic E-state index is 12.2. The summed E-state index contributed by atoms with van der Waals surface area (Å²) in [5.74, 6) is 0.117. The van der Waals surface area contributed by atoms with Gasteiger partial charge in [-0.15, -0.1) is 0 Å². The van der Waals surface area contributed by atoms with Crippen molar-refractivity contribution in [2.45, 2.75) is 13.5 Å². The van der Waals surface area contributed by atoms with E-state index >= 15 is 0 Å². The van der Waals surface area contributed by atoms with Gasteiger partial charge in [0.25, 0.3) is 0 Å². The largest absolute Gasteiger partial charge is 0.338 e. The van der Waals surface area contributed by atoms with Crippen LogP contribution in [-0.2, 0) is 11.3 Å². The molecule has 18 heavy (non-hydrogen) atoms. The number of hydrogen-bond acceptors (Lipinski definition) is 2. The van der Waals surface area contributed by atoms with E-state index in [1.807, 2.05) is 38.2 Å². The lowest BCUT2D eigenvalue weighted by Crippen LogP contribution is -2.38. The molecule has 1 aliphatic heterocycles. The van der Waals surface area contributed by atoms with E-state index in [1.165, 1.54) is 5.57 Å². The van der Waals surface area contributed by atoms with Crippen LogP contribution in [0.2, 0.25) is 0 Å². The lowest BCUT2D eigenvalue weighted by atomic mass is 10.0. The number of benzene rings is 1. The zero-order chi connectivity index (χ0) is 13.1. The minimum Gasteiger partial charge on any atom is -0.338 e. The van der Waals surface area contributed by atoms with Gasteiger partial charge in [0.15, 0.2) is 0 Å². The molecule has 0 aliphatic carbocycles. The van der Waals surface area contributed by atoms with Crippen LogP contribution in [0.1, 0.15) is 12.5 Å². The fourth-order valence-electron chi connectivity index (χ4n) is 1.93. The number of nitrogens with zero attached hydrogens (tertiary/aromatic N) is 1. The van der Waals surface area contributed by atoms with Crippen molar-refractivity contribution in [3.8, 4) is 0 Å². The van der Waals surface area contributed by atoms with E-state index in [1.54, 1.807) is 4.90 Å². The predicted molar refractivity (Wildman–Crippen MR) is 76.2 cm³/mol. The van der Waals surface area contributed by atoms with E-state index in [2.05, 4.69) is 21.2 Å². The molecule has 1 aromatic carbocycles. The number of halogens is 1. The molecule has 0 unspecified atom stereocenters. The highest BCUT2D eigenvalue weighted by Crippen LogP contribution is 2.15. The van der Waals surface area contributed by atoms with Crippen LogP contribution >= 0.6 is 15.9 Å². The molecule has 96 valence electrons. The smallest absolute Gasteiger partial charge is 0.249 e. The van der Waals surface area contributed by atoms with E-state index in [-0.39, 0.29) is 5.91 Å². The van der Waals surface area contributed by atoms with Crippen LogP contribution in [0.4, 0.5) is 0 Å². The van der Waals surface area contributed by atoms with Crippen molar-refractivity contribution in [1.29, 1.82) is 0 Å². The summed E-state index contributed by atoms with van der Waals surface area (Å²) < 4.78 is 1.04. The van der Waals surface area contributed by atoms with Crippen molar-refractivity contribution in [3.05, 3.63) is 45.4 Å². The summed E-state index contributed by atoms with van der Waals surface area (Å²) in [4.78, 5) is 14.0. The Morgan fingerprint density at radius 1 is 1.44 bits per heavy atom. The predicted octanol–water partition coefficient (Wildman–Crippen LogP) is 2.33. The maximum absolute atomic E-state index is 12.2. The molecule has 2 rings (SSSR count). The zero-order valence-electron chi connectivity index (χ0n) is 10.7. The first kappa shape index (κ1) is 13.3. The Labute approximate surface area is 116 Å². The monoisotopic (exact) mass is 308 g/mol. The quantitative estimate of drug-likeness (QED) is 0.869. The van der Waals surface area contributed by atoms with Crippen LogP contribution in [0, 0.1) is 0 Å². The van der Waals surface area contributed by atoms with Crippen LogP contribution in [0.3, 0.4) is 0 Å². The van der Waals surface area contributed by atoms with Gasteiger partial charge in [-0.3, -0.25) is 4.79 Å². The second kappa shape index (κ2) is 5.67. The number of hydrogen-bond donors (Lipinski definition) is 1. The third-order valence-corrected chi connectivity index (χ3v) is 3.68. The summed E-state index contributed by atoms with van der Waals surface area (Å²) in [6.45, 7) is 4.25. The fraction of sp³-hybridized carbons (Fsp3) is 0.357. The van der Waals surface area contributed by atoms with E-state index in [9.17, 15) is 4.79 Å². The average Bonchev–Trinajstić information content (AvgIpc) is 2.25. The Bertz CT molecular complexity index is 490. The van der Waals surface area contributed by atoms with E-state index in [0.717, 1.165) is 28.7 Å². The van der Waals surface area contributed by atoms with Gasteiger partial charge in [-0.25, -0.2) is 0 Å². The van der Waals surface area contributed by atoms with Gasteiger partial charge in [0.05, 0.1) is 0 Å². The Kier molecular flexibility index (Phi) is 4.19. The highest BCUT2D eigenvalue weighted by Gasteiger charge is 2.18. The highest BCUT2D eigenvalue weighted by atomic mass is 79.9. The molecule has 1 fully saturated rings. The molecule has 1 saturated heterocycles. The van der Waals surface area contributed by atoms with Crippen LogP contribution in [0.5, 0.6) is 0 Å². The SMILES string of the molecule is CC(C(=O)N(C)Cc1cccc(Br)c1)=C1CNC1. The summed E-state index contributed by atoms with van der Waals surface area (Å²) in [5.41, 5.74) is 3.23. The van der Waals surface area contributed by atoms with Crippen molar-refractivity contribution >= 4 is 21.8 Å². The Balaban J connectivity index is 2.03. The summed E-state index contributed by atoms with van der Waals surface area (Å²) in [7, 11) is 1.85. The first-order valence-electron chi connectivity index (χ1n) is 5.97. The minimum atomic E-state index is 0.117. The first-order valence-corrected chi connectivity index (χ1v) is 6.76. The molecule has 3 nitrogen and oxygen atoms in total. The molecule has 0 aromatic heterocycles. The summed E-state index contributed by atoms with van der Waals surface area (Å²) >= 11 is 3.44. The normalized spacial score (nSPS) is 14.1. The van der Waals surface area contributed by atoms with Gasteiger partial charge in [0.1, 0.15) is 0 Å². The number of amides is 1. The van der Waals surface area contributed by atoms with Crippen LogP contribution < -0.4 is 5.32 Å². The fourth-order valence-corrected chi connectivity index (χ4v) is 2.38. The molecule has 0 spiro atoms. The zero-order valence-corrected chi connectivity index (χ0v) is 12.3. The lowest BCUT2D eigenvalue weighted by Gasteiger charge is -2.24. The second-order valence-electron chi connectivity index (χ2n) is 4.62. The molecule has 1 aromatic rings. The van der Waals surface area contributed by atoms with Crippen molar-refractivity contribution in [2.24, 2.45) is 0 Å². The maximum Gasteiger partial charge on any atom is 0.249 e. The lowest BCUT2D eigenvalue weighted by molar-refractivity contribution is -0.126. The summed E-state index contributed by atoms with van der Waals surface area (Å²) in [5, 5.41) is 3.16. The van der Waals surface area contributed by atoms with E-state index < -0.39 is 0 Å². The number of carbonyl (C=O) groups is 1. The second-order valence-corrected chi connectivity index (χ2v) is 5.54. The van der Waals surface area contributed by atoms with Gasteiger partial charge < -0.3 is 10.2 Å². The highest BCUT2D eigenvalue weighted by molar-refractivity contribution is 9.10. The van der Waals surface area contributed by atoms with Gasteiger partial charge in [0, 0.05) is 36.7 Å². The van der Waals surface area contributed by atoms with Crippen molar-refractivity contribution in [2.75, 3.05) is 20.1 Å². The molecule has 0 bridgehead atoms. The standard InChI is InChI=1S/C14H17BrN2O/c1-10(12-7-16-8-12)14(18)17(2)9-11-4-3-5-13(15)6-11/h3-6,16H,7-9H2,1-2H3. The van der Waals surface area contributed by atoms with Gasteiger partial charge in [-0.1, -0.05) is 28.1 Å².